The van der Waals surface area contributed by atoms with Crippen molar-refractivity contribution in [3.63, 3.8) is 0 Å². The summed E-state index contributed by atoms with van der Waals surface area (Å²) in [5.41, 5.74) is 8.66. The Morgan fingerprint density at radius 3 is 2.70 bits per heavy atom. The number of thioether (sulfide) groups is 1. The van der Waals surface area contributed by atoms with Crippen molar-refractivity contribution in [2.24, 2.45) is 5.73 Å². The first kappa shape index (κ1) is 19.0. The number of halogens is 1. The number of rotatable bonds is 6. The Labute approximate surface area is 166 Å². The van der Waals surface area contributed by atoms with Gasteiger partial charge in [-0.05, 0) is 30.7 Å². The summed E-state index contributed by atoms with van der Waals surface area (Å²) in [6, 6.07) is 17.4. The highest BCUT2D eigenvalue weighted by Crippen LogP contribution is 2.27. The van der Waals surface area contributed by atoms with Crippen molar-refractivity contribution in [1.82, 2.24) is 9.55 Å². The standard InChI is InChI=1S/C20H17ClN4OS/c1-13(23)16(10-22)19(26)12-27-20-24-17-9-15(21)7-8-18(17)25(20)11-14-5-3-2-4-6-14/h2-9H,11-12,23H2,1H3/b16-13+. The van der Waals surface area contributed by atoms with Crippen LogP contribution in [0.25, 0.3) is 11.0 Å². The van der Waals surface area contributed by atoms with Crippen LogP contribution in [0.15, 0.2) is 65.0 Å². The molecule has 2 N–H and O–H groups in total. The quantitative estimate of drug-likeness (QED) is 0.384. The Morgan fingerprint density at radius 1 is 1.30 bits per heavy atom. The SMILES string of the molecule is C/C(N)=C(/C#N)C(=O)CSc1nc2cc(Cl)ccc2n1Cc1ccccc1. The van der Waals surface area contributed by atoms with E-state index in [0.717, 1.165) is 16.6 Å². The average Bonchev–Trinajstić information content (AvgIpc) is 2.97. The third-order valence-corrected chi connectivity index (χ3v) is 5.19. The number of benzene rings is 2. The molecule has 5 nitrogen and oxygen atoms in total. The smallest absolute Gasteiger partial charge is 0.185 e. The van der Waals surface area contributed by atoms with Crippen molar-refractivity contribution in [1.29, 1.82) is 5.26 Å². The number of hydrogen-bond donors (Lipinski definition) is 1. The number of Topliss-reactive ketones (excluding diaryl/α,β-unsaturated/α-hetero) is 1. The minimum Gasteiger partial charge on any atom is -0.401 e. The summed E-state index contributed by atoms with van der Waals surface area (Å²) in [6.45, 7) is 2.17. The zero-order valence-electron chi connectivity index (χ0n) is 14.6. The predicted molar refractivity (Wildman–Crippen MR) is 109 cm³/mol. The van der Waals surface area contributed by atoms with Gasteiger partial charge in [0.15, 0.2) is 10.9 Å². The molecule has 1 heterocycles. The van der Waals surface area contributed by atoms with E-state index < -0.39 is 0 Å². The number of carbonyl (C=O) groups excluding carboxylic acids is 1. The maximum Gasteiger partial charge on any atom is 0.185 e. The number of ketones is 1. The van der Waals surface area contributed by atoms with E-state index in [2.05, 4.69) is 4.98 Å². The zero-order chi connectivity index (χ0) is 19.4. The fourth-order valence-electron chi connectivity index (χ4n) is 2.68. The van der Waals surface area contributed by atoms with E-state index >= 15 is 0 Å². The van der Waals surface area contributed by atoms with Crippen molar-refractivity contribution in [2.75, 3.05) is 5.75 Å². The lowest BCUT2D eigenvalue weighted by Crippen LogP contribution is -2.11. The highest BCUT2D eigenvalue weighted by molar-refractivity contribution is 7.99. The molecule has 0 radical (unpaired) electrons. The lowest BCUT2D eigenvalue weighted by molar-refractivity contribution is -0.112. The topological polar surface area (TPSA) is 84.7 Å². The molecule has 0 spiro atoms. The van der Waals surface area contributed by atoms with Gasteiger partial charge >= 0.3 is 0 Å². The molecule has 3 aromatic rings. The number of allylic oxidation sites excluding steroid dienone is 2. The third kappa shape index (κ3) is 4.33. The Morgan fingerprint density at radius 2 is 2.04 bits per heavy atom. The van der Waals surface area contributed by atoms with Crippen molar-refractivity contribution >= 4 is 40.2 Å². The summed E-state index contributed by atoms with van der Waals surface area (Å²) in [7, 11) is 0. The molecule has 0 aliphatic carbocycles. The normalized spacial score (nSPS) is 11.9. The van der Waals surface area contributed by atoms with Crippen molar-refractivity contribution < 1.29 is 4.79 Å². The Balaban J connectivity index is 1.94. The highest BCUT2D eigenvalue weighted by Gasteiger charge is 2.16. The Kier molecular flexibility index (Phi) is 5.84. The second kappa shape index (κ2) is 8.30. The van der Waals surface area contributed by atoms with Gasteiger partial charge in [0.2, 0.25) is 0 Å². The monoisotopic (exact) mass is 396 g/mol. The van der Waals surface area contributed by atoms with Crippen LogP contribution in [-0.2, 0) is 11.3 Å². The molecule has 0 aliphatic heterocycles. The van der Waals surface area contributed by atoms with Crippen LogP contribution in [0.2, 0.25) is 5.02 Å². The van der Waals surface area contributed by atoms with Gasteiger partial charge in [-0.25, -0.2) is 4.98 Å². The van der Waals surface area contributed by atoms with Gasteiger partial charge in [0.25, 0.3) is 0 Å². The number of nitriles is 1. The van der Waals surface area contributed by atoms with Gasteiger partial charge in [0.05, 0.1) is 23.3 Å². The molecular weight excluding hydrogens is 380 g/mol. The minimum absolute atomic E-state index is 0.00346. The number of fused-ring (bicyclic) bond motifs is 1. The average molecular weight is 397 g/mol. The van der Waals surface area contributed by atoms with Crippen molar-refractivity contribution in [3.8, 4) is 6.07 Å². The lowest BCUT2D eigenvalue weighted by atomic mass is 10.2. The first-order chi connectivity index (χ1) is 13.0. The van der Waals surface area contributed by atoms with E-state index in [1.165, 1.54) is 11.8 Å². The van der Waals surface area contributed by atoms with Gasteiger partial charge < -0.3 is 10.3 Å². The van der Waals surface area contributed by atoms with Gasteiger partial charge in [-0.3, -0.25) is 4.79 Å². The molecule has 0 atom stereocenters. The summed E-state index contributed by atoms with van der Waals surface area (Å²) in [5, 5.41) is 10.4. The van der Waals surface area contributed by atoms with Gasteiger partial charge in [0, 0.05) is 10.7 Å². The van der Waals surface area contributed by atoms with Crippen LogP contribution in [0.4, 0.5) is 0 Å². The van der Waals surface area contributed by atoms with E-state index in [1.54, 1.807) is 13.0 Å². The second-order valence-corrected chi connectivity index (χ2v) is 7.36. The summed E-state index contributed by atoms with van der Waals surface area (Å²) >= 11 is 7.38. The second-order valence-electron chi connectivity index (χ2n) is 5.98. The van der Waals surface area contributed by atoms with Crippen molar-refractivity contribution in [2.45, 2.75) is 18.6 Å². The molecule has 0 saturated carbocycles. The number of carbonyl (C=O) groups is 1. The molecule has 3 rings (SSSR count). The van der Waals surface area contributed by atoms with E-state index in [4.69, 9.17) is 22.6 Å². The summed E-state index contributed by atoms with van der Waals surface area (Å²) in [4.78, 5) is 16.9. The highest BCUT2D eigenvalue weighted by atomic mass is 35.5. The zero-order valence-corrected chi connectivity index (χ0v) is 16.2. The summed E-state index contributed by atoms with van der Waals surface area (Å²) in [6.07, 6.45) is 0. The van der Waals surface area contributed by atoms with Crippen LogP contribution in [-0.4, -0.2) is 21.1 Å². The van der Waals surface area contributed by atoms with Crippen LogP contribution >= 0.6 is 23.4 Å². The van der Waals surface area contributed by atoms with Gasteiger partial charge in [-0.15, -0.1) is 0 Å². The molecule has 0 fully saturated rings. The molecule has 2 aromatic carbocycles. The lowest BCUT2D eigenvalue weighted by Gasteiger charge is -2.09. The molecule has 27 heavy (non-hydrogen) atoms. The molecule has 0 bridgehead atoms. The number of aromatic nitrogens is 2. The predicted octanol–water partition coefficient (Wildman–Crippen LogP) is 4.16. The van der Waals surface area contributed by atoms with E-state index in [1.807, 2.05) is 53.1 Å². The van der Waals surface area contributed by atoms with Crippen LogP contribution in [0, 0.1) is 11.3 Å². The van der Waals surface area contributed by atoms with E-state index in [9.17, 15) is 4.79 Å². The number of nitrogens with two attached hydrogens (primary N) is 1. The Bertz CT molecular complexity index is 1060. The number of hydrogen-bond acceptors (Lipinski definition) is 5. The molecule has 0 amide bonds. The molecule has 0 saturated heterocycles. The van der Waals surface area contributed by atoms with E-state index in [-0.39, 0.29) is 22.8 Å². The van der Waals surface area contributed by atoms with Crippen LogP contribution in [0.1, 0.15) is 12.5 Å². The van der Waals surface area contributed by atoms with Gasteiger partial charge in [-0.2, -0.15) is 5.26 Å². The first-order valence-corrected chi connectivity index (χ1v) is 9.58. The van der Waals surface area contributed by atoms with Crippen LogP contribution < -0.4 is 5.73 Å². The third-order valence-electron chi connectivity index (χ3n) is 3.98. The summed E-state index contributed by atoms with van der Waals surface area (Å²) < 4.78 is 2.05. The van der Waals surface area contributed by atoms with Crippen molar-refractivity contribution in [3.05, 3.63) is 70.4 Å². The van der Waals surface area contributed by atoms with Crippen LogP contribution in [0.5, 0.6) is 0 Å². The molecule has 7 heteroatoms. The molecule has 0 aliphatic rings. The van der Waals surface area contributed by atoms with E-state index in [0.29, 0.717) is 16.7 Å². The first-order valence-electron chi connectivity index (χ1n) is 8.21. The van der Waals surface area contributed by atoms with Gasteiger partial charge in [-0.1, -0.05) is 53.7 Å². The molecule has 0 unspecified atom stereocenters. The fourth-order valence-corrected chi connectivity index (χ4v) is 3.74. The Hall–Kier alpha value is -2.75. The number of imidazole rings is 1. The fraction of sp³-hybridized carbons (Fsp3) is 0.150. The molecular formula is C20H17ClN4OS. The maximum absolute atomic E-state index is 12.3. The molecule has 1 aromatic heterocycles. The van der Waals surface area contributed by atoms with Crippen LogP contribution in [0.3, 0.4) is 0 Å². The minimum atomic E-state index is -0.307. The largest absolute Gasteiger partial charge is 0.401 e. The number of nitrogens with zero attached hydrogens (tertiary/aromatic N) is 3. The van der Waals surface area contributed by atoms with Gasteiger partial charge in [0.1, 0.15) is 11.6 Å². The summed E-state index contributed by atoms with van der Waals surface area (Å²) in [5.74, 6) is -0.220. The maximum atomic E-state index is 12.3. The molecule has 136 valence electrons.